The van der Waals surface area contributed by atoms with E-state index in [0.717, 1.165) is 21.9 Å². The summed E-state index contributed by atoms with van der Waals surface area (Å²) in [7, 11) is 0. The lowest BCUT2D eigenvalue weighted by Crippen LogP contribution is -1.83. The Morgan fingerprint density at radius 2 is 0.792 bits per heavy atom. The van der Waals surface area contributed by atoms with Crippen LogP contribution in [0.4, 0.5) is 0 Å². The Morgan fingerprint density at radius 1 is 0.438 bits per heavy atom. The van der Waals surface area contributed by atoms with Gasteiger partial charge in [-0.1, -0.05) is 129 Å². The van der Waals surface area contributed by atoms with E-state index in [9.17, 15) is 0 Å². The van der Waals surface area contributed by atoms with E-state index in [1.807, 2.05) is 58.7 Å². The smallest absolute Gasteiger partial charge is 0.144 e. The van der Waals surface area contributed by atoms with E-state index >= 15 is 0 Å². The lowest BCUT2D eigenvalue weighted by molar-refractivity contribution is 0.563. The van der Waals surface area contributed by atoms with Gasteiger partial charge in [0.25, 0.3) is 0 Å². The van der Waals surface area contributed by atoms with Crippen LogP contribution >= 0.6 is 46.2 Å². The van der Waals surface area contributed by atoms with Crippen LogP contribution in [-0.4, -0.2) is 11.5 Å². The summed E-state index contributed by atoms with van der Waals surface area (Å²) in [5.41, 5.74) is 4.29. The minimum atomic E-state index is 0.972. The fourth-order valence-corrected chi connectivity index (χ4v) is 11.2. The van der Waals surface area contributed by atoms with Crippen LogP contribution < -0.4 is 0 Å². The Bertz CT molecular complexity index is 1420. The molecule has 0 aliphatic rings. The van der Waals surface area contributed by atoms with Crippen LogP contribution in [0.1, 0.15) is 142 Å². The molecule has 5 rings (SSSR count). The van der Waals surface area contributed by atoms with Crippen molar-refractivity contribution in [3.8, 4) is 20.9 Å². The Hall–Kier alpha value is -1.60. The summed E-state index contributed by atoms with van der Waals surface area (Å²) in [5, 5.41) is 2.29. The Balaban J connectivity index is 1.12. The van der Waals surface area contributed by atoms with Gasteiger partial charge in [-0.25, -0.2) is 0 Å². The van der Waals surface area contributed by atoms with E-state index in [1.165, 1.54) is 169 Å². The summed E-state index contributed by atoms with van der Waals surface area (Å²) in [6.07, 6.45) is 31.4. The SMILES string of the molecule is CCCCCCCCCCCCSc1ccc(-c2c3ccoc3c(-c3ccc(SCCCCCCCCCCCC)s3)c3ccoc23)s1. The van der Waals surface area contributed by atoms with E-state index in [2.05, 4.69) is 50.2 Å². The molecule has 1 aromatic carbocycles. The second-order valence-electron chi connectivity index (χ2n) is 13.4. The van der Waals surface area contributed by atoms with Gasteiger partial charge < -0.3 is 8.83 Å². The molecule has 0 aliphatic carbocycles. The molecule has 0 atom stereocenters. The molecule has 0 saturated heterocycles. The molecule has 2 nitrogen and oxygen atoms in total. The molecule has 48 heavy (non-hydrogen) atoms. The number of rotatable bonds is 26. The minimum Gasteiger partial charge on any atom is -0.464 e. The average molecular weight is 723 g/mol. The van der Waals surface area contributed by atoms with Crippen molar-refractivity contribution in [2.24, 2.45) is 0 Å². The Morgan fingerprint density at radius 3 is 1.17 bits per heavy atom. The Kier molecular flexibility index (Phi) is 16.9. The molecule has 5 aromatic rings. The van der Waals surface area contributed by atoms with E-state index < -0.39 is 0 Å². The van der Waals surface area contributed by atoms with E-state index in [-0.39, 0.29) is 0 Å². The fourth-order valence-electron chi connectivity index (χ4n) is 6.72. The predicted octanol–water partition coefficient (Wildman–Crippen LogP) is 16.7. The normalized spacial score (nSPS) is 11.9. The van der Waals surface area contributed by atoms with Gasteiger partial charge in [0.2, 0.25) is 0 Å². The third kappa shape index (κ3) is 11.2. The maximum atomic E-state index is 6.23. The largest absolute Gasteiger partial charge is 0.464 e. The van der Waals surface area contributed by atoms with Crippen LogP contribution in [0.25, 0.3) is 42.8 Å². The van der Waals surface area contributed by atoms with Crippen LogP contribution in [0.15, 0.2) is 66.2 Å². The first-order chi connectivity index (χ1) is 23.8. The highest BCUT2D eigenvalue weighted by atomic mass is 32.2. The second kappa shape index (κ2) is 21.6. The van der Waals surface area contributed by atoms with Crippen molar-refractivity contribution in [1.29, 1.82) is 0 Å². The summed E-state index contributed by atoms with van der Waals surface area (Å²) in [4.78, 5) is 2.52. The molecular weight excluding hydrogens is 665 g/mol. The molecular formula is C42H58O2S4. The van der Waals surface area contributed by atoms with Gasteiger partial charge in [-0.05, 0) is 60.7 Å². The molecule has 0 saturated carbocycles. The zero-order valence-corrected chi connectivity index (χ0v) is 32.9. The minimum absolute atomic E-state index is 0.972. The molecule has 0 radical (unpaired) electrons. The number of benzene rings is 1. The van der Waals surface area contributed by atoms with Gasteiger partial charge >= 0.3 is 0 Å². The zero-order valence-electron chi connectivity index (χ0n) is 29.6. The summed E-state index contributed by atoms with van der Waals surface area (Å²) < 4.78 is 15.3. The van der Waals surface area contributed by atoms with Crippen LogP contribution in [0.2, 0.25) is 0 Å². The van der Waals surface area contributed by atoms with Crippen LogP contribution in [0, 0.1) is 0 Å². The van der Waals surface area contributed by atoms with Gasteiger partial charge in [-0.3, -0.25) is 0 Å². The lowest BCUT2D eigenvalue weighted by atomic mass is 9.99. The first-order valence-electron chi connectivity index (χ1n) is 19.2. The van der Waals surface area contributed by atoms with Gasteiger partial charge in [0.1, 0.15) is 11.2 Å². The zero-order chi connectivity index (χ0) is 33.2. The second-order valence-corrected chi connectivity index (χ2v) is 18.3. The number of fused-ring (bicyclic) bond motifs is 2. The van der Waals surface area contributed by atoms with E-state index in [4.69, 9.17) is 8.83 Å². The fraction of sp³-hybridized carbons (Fsp3) is 0.571. The predicted molar refractivity (Wildman–Crippen MR) is 218 cm³/mol. The molecule has 0 unspecified atom stereocenters. The Labute approximate surface area is 307 Å². The third-order valence-corrected chi connectivity index (χ3v) is 14.3. The van der Waals surface area contributed by atoms with E-state index in [0.29, 0.717) is 0 Å². The maximum absolute atomic E-state index is 6.23. The van der Waals surface area contributed by atoms with Crippen molar-refractivity contribution in [1.82, 2.24) is 0 Å². The summed E-state index contributed by atoms with van der Waals surface area (Å²) in [6, 6.07) is 13.4. The highest BCUT2D eigenvalue weighted by Crippen LogP contribution is 2.49. The molecule has 6 heteroatoms. The topological polar surface area (TPSA) is 26.3 Å². The molecule has 0 aliphatic heterocycles. The molecule has 0 bridgehead atoms. The van der Waals surface area contributed by atoms with Crippen LogP contribution in [-0.2, 0) is 0 Å². The third-order valence-electron chi connectivity index (χ3n) is 9.46. The van der Waals surface area contributed by atoms with Crippen molar-refractivity contribution in [2.75, 3.05) is 11.5 Å². The molecule has 0 spiro atoms. The van der Waals surface area contributed by atoms with Gasteiger partial charge in [-0.15, -0.1) is 46.2 Å². The summed E-state index contributed by atoms with van der Waals surface area (Å²) in [5.74, 6) is 2.40. The van der Waals surface area contributed by atoms with Crippen molar-refractivity contribution in [2.45, 2.75) is 151 Å². The number of thioether (sulfide) groups is 2. The van der Waals surface area contributed by atoms with E-state index in [1.54, 1.807) is 0 Å². The van der Waals surface area contributed by atoms with Gasteiger partial charge in [-0.2, -0.15) is 0 Å². The average Bonchev–Trinajstić information content (AvgIpc) is 3.93. The summed E-state index contributed by atoms with van der Waals surface area (Å²) in [6.45, 7) is 4.59. The van der Waals surface area contributed by atoms with Crippen molar-refractivity contribution in [3.05, 3.63) is 48.9 Å². The van der Waals surface area contributed by atoms with Crippen LogP contribution in [0.5, 0.6) is 0 Å². The number of thiophene rings is 2. The maximum Gasteiger partial charge on any atom is 0.144 e. The number of hydrogen-bond donors (Lipinski definition) is 0. The monoisotopic (exact) mass is 722 g/mol. The number of unbranched alkanes of at least 4 members (excludes halogenated alkanes) is 18. The van der Waals surface area contributed by atoms with Crippen LogP contribution in [0.3, 0.4) is 0 Å². The molecule has 4 heterocycles. The highest BCUT2D eigenvalue weighted by Gasteiger charge is 2.23. The van der Waals surface area contributed by atoms with Gasteiger partial charge in [0.05, 0.1) is 20.9 Å². The molecule has 262 valence electrons. The molecule has 0 N–H and O–H groups in total. The summed E-state index contributed by atoms with van der Waals surface area (Å²) >= 11 is 7.80. The van der Waals surface area contributed by atoms with Crippen molar-refractivity contribution < 1.29 is 8.83 Å². The number of hydrogen-bond acceptors (Lipinski definition) is 6. The first-order valence-corrected chi connectivity index (χ1v) is 22.8. The lowest BCUT2D eigenvalue weighted by Gasteiger charge is -2.08. The first kappa shape index (κ1) is 37.7. The van der Waals surface area contributed by atoms with Crippen molar-refractivity contribution >= 4 is 68.1 Å². The van der Waals surface area contributed by atoms with Crippen molar-refractivity contribution in [3.63, 3.8) is 0 Å². The molecule has 0 fully saturated rings. The van der Waals surface area contributed by atoms with Gasteiger partial charge in [0, 0.05) is 31.7 Å². The molecule has 0 amide bonds. The highest BCUT2D eigenvalue weighted by molar-refractivity contribution is 8.01. The number of furan rings is 2. The quantitative estimate of drug-likeness (QED) is 0.0419. The standard InChI is InChI=1S/C42H58O2S4/c1-3-5-7-9-11-13-15-17-19-21-31-45-37-25-23-35(47-37)39-33-27-29-44-42(33)40(34-28-30-43-41(34)39)36-24-26-38(48-36)46-32-22-20-18-16-14-12-10-8-6-4-2/h23-30H,3-22,31-32H2,1-2H3. The van der Waals surface area contributed by atoms with Gasteiger partial charge in [0.15, 0.2) is 0 Å². The molecule has 4 aromatic heterocycles.